The minimum Gasteiger partial charge on any atom is -0.481 e. The van der Waals surface area contributed by atoms with Gasteiger partial charge in [0.25, 0.3) is 0 Å². The second-order valence-electron chi connectivity index (χ2n) is 4.98. The molecule has 0 aliphatic carbocycles. The number of benzene rings is 1. The number of nitrogens with one attached hydrogen (secondary N) is 1. The molecular weight excluding hydrogens is 309 g/mol. The summed E-state index contributed by atoms with van der Waals surface area (Å²) < 4.78 is 22.5. The molecule has 2 N–H and O–H groups in total. The van der Waals surface area contributed by atoms with Gasteiger partial charge in [0.2, 0.25) is 5.91 Å². The number of anilines is 1. The van der Waals surface area contributed by atoms with E-state index in [0.29, 0.717) is 11.4 Å². The van der Waals surface area contributed by atoms with Crippen LogP contribution in [0.5, 0.6) is 5.75 Å². The average molecular weight is 329 g/mol. The molecule has 0 fully saturated rings. The van der Waals surface area contributed by atoms with Crippen LogP contribution in [0.1, 0.15) is 26.7 Å². The lowest BCUT2D eigenvalue weighted by molar-refractivity contribution is -0.138. The summed E-state index contributed by atoms with van der Waals surface area (Å²) in [6.07, 6.45) is -0.540. The van der Waals surface area contributed by atoms with E-state index in [2.05, 4.69) is 5.32 Å². The van der Waals surface area contributed by atoms with Crippen LogP contribution in [-0.4, -0.2) is 29.8 Å². The van der Waals surface area contributed by atoms with E-state index in [0.717, 1.165) is 0 Å². The largest absolute Gasteiger partial charge is 0.481 e. The second kappa shape index (κ2) is 7.96. The van der Waals surface area contributed by atoms with Gasteiger partial charge in [-0.05, 0) is 38.1 Å². The average Bonchev–Trinajstić information content (AvgIpc) is 2.36. The van der Waals surface area contributed by atoms with E-state index in [1.54, 1.807) is 38.1 Å². The molecule has 0 bridgehead atoms. The molecule has 1 atom stereocenters. The van der Waals surface area contributed by atoms with E-state index in [1.807, 2.05) is 0 Å². The van der Waals surface area contributed by atoms with Gasteiger partial charge >= 0.3 is 13.6 Å². The molecule has 0 heterocycles. The van der Waals surface area contributed by atoms with Gasteiger partial charge in [0, 0.05) is 18.8 Å². The number of hydrogen-bond donors (Lipinski definition) is 2. The van der Waals surface area contributed by atoms with E-state index in [-0.39, 0.29) is 24.9 Å². The van der Waals surface area contributed by atoms with Gasteiger partial charge in [-0.15, -0.1) is 0 Å². The minimum atomic E-state index is -3.19. The van der Waals surface area contributed by atoms with Crippen molar-refractivity contribution in [3.8, 4) is 5.75 Å². The number of aliphatic carboxylic acids is 1. The summed E-state index contributed by atoms with van der Waals surface area (Å²) in [7, 11) is -3.19. The van der Waals surface area contributed by atoms with Crippen LogP contribution in [0, 0.1) is 0 Å². The summed E-state index contributed by atoms with van der Waals surface area (Å²) in [6.45, 7) is 4.90. The van der Waals surface area contributed by atoms with Crippen LogP contribution in [0.25, 0.3) is 0 Å². The SMILES string of the molecule is CC(C)O[P@@](C)(=O)Oc1ccc(NC(=O)CCC(=O)O)cc1. The second-order valence-corrected chi connectivity index (χ2v) is 6.92. The van der Waals surface area contributed by atoms with Crippen molar-refractivity contribution in [2.75, 3.05) is 12.0 Å². The third-order valence-corrected chi connectivity index (χ3v) is 3.72. The molecule has 0 unspecified atom stereocenters. The molecule has 0 aromatic heterocycles. The van der Waals surface area contributed by atoms with E-state index in [4.69, 9.17) is 14.2 Å². The zero-order valence-corrected chi connectivity index (χ0v) is 13.6. The summed E-state index contributed by atoms with van der Waals surface area (Å²) in [5.74, 6) is -1.06. The van der Waals surface area contributed by atoms with Crippen molar-refractivity contribution in [2.45, 2.75) is 32.8 Å². The molecule has 22 heavy (non-hydrogen) atoms. The number of carboxylic acid groups (broad SMARTS) is 1. The van der Waals surface area contributed by atoms with E-state index >= 15 is 0 Å². The fourth-order valence-corrected chi connectivity index (χ4v) is 2.95. The smallest absolute Gasteiger partial charge is 0.376 e. The number of amides is 1. The van der Waals surface area contributed by atoms with Crippen molar-refractivity contribution in [3.63, 3.8) is 0 Å². The fourth-order valence-electron chi connectivity index (χ4n) is 1.64. The van der Waals surface area contributed by atoms with Crippen LogP contribution < -0.4 is 9.84 Å². The molecule has 7 nitrogen and oxygen atoms in total. The van der Waals surface area contributed by atoms with Gasteiger partial charge in [-0.2, -0.15) is 0 Å². The quantitative estimate of drug-likeness (QED) is 0.711. The van der Waals surface area contributed by atoms with Crippen LogP contribution in [0.2, 0.25) is 0 Å². The lowest BCUT2D eigenvalue weighted by Crippen LogP contribution is -2.13. The van der Waals surface area contributed by atoms with Crippen molar-refractivity contribution in [1.29, 1.82) is 0 Å². The van der Waals surface area contributed by atoms with Crippen molar-refractivity contribution in [3.05, 3.63) is 24.3 Å². The Kier molecular flexibility index (Phi) is 6.59. The van der Waals surface area contributed by atoms with E-state index < -0.39 is 13.6 Å². The predicted molar refractivity (Wildman–Crippen MR) is 82.3 cm³/mol. The van der Waals surface area contributed by atoms with Crippen LogP contribution in [-0.2, 0) is 18.7 Å². The van der Waals surface area contributed by atoms with E-state index in [9.17, 15) is 14.2 Å². The maximum atomic E-state index is 12.0. The van der Waals surface area contributed by atoms with Crippen LogP contribution in [0.4, 0.5) is 5.69 Å². The summed E-state index contributed by atoms with van der Waals surface area (Å²) in [4.78, 5) is 21.9. The maximum Gasteiger partial charge on any atom is 0.376 e. The number of rotatable bonds is 8. The Morgan fingerprint density at radius 3 is 2.32 bits per heavy atom. The normalized spacial score (nSPS) is 13.5. The first-order valence-corrected chi connectivity index (χ1v) is 8.74. The Morgan fingerprint density at radius 1 is 1.23 bits per heavy atom. The molecule has 1 aromatic carbocycles. The highest BCUT2D eigenvalue weighted by atomic mass is 31.2. The standard InChI is InChI=1S/C14H20NO6P/c1-10(2)20-22(3,19)21-12-6-4-11(5-7-12)15-13(16)8-9-14(17)18/h4-7,10H,8-9H2,1-3H3,(H,15,16)(H,17,18)/t22-/m1/s1. The van der Waals surface area contributed by atoms with E-state index in [1.165, 1.54) is 6.66 Å². The first kappa shape index (κ1) is 18.2. The zero-order chi connectivity index (χ0) is 16.8. The molecule has 0 spiro atoms. The van der Waals surface area contributed by atoms with Crippen molar-refractivity contribution >= 4 is 25.2 Å². The third kappa shape index (κ3) is 7.24. The van der Waals surface area contributed by atoms with Gasteiger partial charge in [0.1, 0.15) is 5.75 Å². The summed E-state index contributed by atoms with van der Waals surface area (Å²) in [5.41, 5.74) is 0.499. The third-order valence-electron chi connectivity index (χ3n) is 2.38. The van der Waals surface area contributed by atoms with Crippen LogP contribution in [0.15, 0.2) is 24.3 Å². The molecule has 0 radical (unpaired) electrons. The number of carbonyl (C=O) groups is 2. The van der Waals surface area contributed by atoms with Crippen LogP contribution in [0.3, 0.4) is 0 Å². The Bertz CT molecular complexity index is 569. The van der Waals surface area contributed by atoms with Crippen molar-refractivity contribution < 1.29 is 28.3 Å². The van der Waals surface area contributed by atoms with Gasteiger partial charge in [-0.3, -0.25) is 14.1 Å². The van der Waals surface area contributed by atoms with Gasteiger partial charge in [-0.1, -0.05) is 0 Å². The molecule has 1 rings (SSSR count). The summed E-state index contributed by atoms with van der Waals surface area (Å²) in [5, 5.41) is 11.1. The molecular formula is C14H20NO6P. The van der Waals surface area contributed by atoms with Crippen LogP contribution >= 0.6 is 7.60 Å². The van der Waals surface area contributed by atoms with Crippen molar-refractivity contribution in [2.24, 2.45) is 0 Å². The van der Waals surface area contributed by atoms with Gasteiger partial charge in [0.05, 0.1) is 12.5 Å². The maximum absolute atomic E-state index is 12.0. The Labute approximate surface area is 129 Å². The van der Waals surface area contributed by atoms with Crippen molar-refractivity contribution in [1.82, 2.24) is 0 Å². The summed E-state index contributed by atoms with van der Waals surface area (Å²) in [6, 6.07) is 6.24. The Hall–Kier alpha value is -1.85. The molecule has 0 saturated carbocycles. The molecule has 1 aromatic rings. The minimum absolute atomic E-state index is 0.0972. The number of hydrogen-bond acceptors (Lipinski definition) is 5. The lowest BCUT2D eigenvalue weighted by atomic mass is 10.2. The molecule has 0 aliphatic rings. The Balaban J connectivity index is 2.58. The van der Waals surface area contributed by atoms with Gasteiger partial charge < -0.3 is 14.9 Å². The zero-order valence-electron chi connectivity index (χ0n) is 12.7. The first-order valence-electron chi connectivity index (χ1n) is 6.75. The number of carboxylic acids is 1. The number of carbonyl (C=O) groups excluding carboxylic acids is 1. The van der Waals surface area contributed by atoms with Gasteiger partial charge in [-0.25, -0.2) is 4.57 Å². The predicted octanol–water partition coefficient (Wildman–Crippen LogP) is 3.12. The monoisotopic (exact) mass is 329 g/mol. The molecule has 1 amide bonds. The summed E-state index contributed by atoms with van der Waals surface area (Å²) >= 11 is 0. The Morgan fingerprint density at radius 2 is 1.82 bits per heavy atom. The molecule has 0 saturated heterocycles. The first-order chi connectivity index (χ1) is 10.2. The highest BCUT2D eigenvalue weighted by Crippen LogP contribution is 2.45. The van der Waals surface area contributed by atoms with Gasteiger partial charge in [0.15, 0.2) is 0 Å². The fraction of sp³-hybridized carbons (Fsp3) is 0.429. The molecule has 0 aliphatic heterocycles. The highest BCUT2D eigenvalue weighted by molar-refractivity contribution is 7.53. The molecule has 8 heteroatoms. The topological polar surface area (TPSA) is 102 Å². The molecule has 122 valence electrons. The lowest BCUT2D eigenvalue weighted by Gasteiger charge is -2.17. The highest BCUT2D eigenvalue weighted by Gasteiger charge is 2.20.